The lowest BCUT2D eigenvalue weighted by Crippen LogP contribution is -2.23. The predicted octanol–water partition coefficient (Wildman–Crippen LogP) is 3.33. The van der Waals surface area contributed by atoms with E-state index in [1.165, 1.54) is 0 Å². The molecule has 0 aliphatic carbocycles. The highest BCUT2D eigenvalue weighted by Crippen LogP contribution is 2.22. The predicted molar refractivity (Wildman–Crippen MR) is 91.7 cm³/mol. The van der Waals surface area contributed by atoms with Gasteiger partial charge in [-0.2, -0.15) is 0 Å². The zero-order valence-corrected chi connectivity index (χ0v) is 13.9. The third-order valence-corrected chi connectivity index (χ3v) is 5.14. The maximum absolute atomic E-state index is 12.7. The molecule has 0 spiro atoms. The SMILES string of the molecule is Cc1cc(C)cc(CNS(=O)(=O)c2cccc3cnccc23)c1. The first-order chi connectivity index (χ1) is 11.0. The molecular weight excluding hydrogens is 308 g/mol. The fraction of sp³-hybridized carbons (Fsp3) is 0.167. The van der Waals surface area contributed by atoms with E-state index in [0.29, 0.717) is 5.39 Å². The van der Waals surface area contributed by atoms with Crippen molar-refractivity contribution in [1.82, 2.24) is 9.71 Å². The monoisotopic (exact) mass is 326 g/mol. The van der Waals surface area contributed by atoms with E-state index < -0.39 is 10.0 Å². The van der Waals surface area contributed by atoms with Crippen LogP contribution in [0, 0.1) is 13.8 Å². The molecule has 0 aliphatic heterocycles. The normalized spacial score (nSPS) is 11.7. The van der Waals surface area contributed by atoms with Gasteiger partial charge in [-0.25, -0.2) is 13.1 Å². The van der Waals surface area contributed by atoms with Crippen molar-refractivity contribution >= 4 is 20.8 Å². The molecule has 2 aromatic carbocycles. The summed E-state index contributed by atoms with van der Waals surface area (Å²) in [6, 6.07) is 13.0. The fourth-order valence-corrected chi connectivity index (χ4v) is 4.00. The van der Waals surface area contributed by atoms with Crippen molar-refractivity contribution in [2.45, 2.75) is 25.3 Å². The van der Waals surface area contributed by atoms with Crippen LogP contribution in [0.15, 0.2) is 59.8 Å². The number of fused-ring (bicyclic) bond motifs is 1. The second-order valence-electron chi connectivity index (χ2n) is 5.67. The average molecular weight is 326 g/mol. The fourth-order valence-electron chi connectivity index (χ4n) is 2.75. The molecule has 0 unspecified atom stereocenters. The van der Waals surface area contributed by atoms with Crippen molar-refractivity contribution in [3.63, 3.8) is 0 Å². The molecule has 23 heavy (non-hydrogen) atoms. The Labute approximate surface area is 136 Å². The van der Waals surface area contributed by atoms with Gasteiger partial charge in [0.25, 0.3) is 0 Å². The van der Waals surface area contributed by atoms with Gasteiger partial charge in [-0.1, -0.05) is 41.5 Å². The molecule has 5 heteroatoms. The maximum atomic E-state index is 12.7. The van der Waals surface area contributed by atoms with E-state index in [-0.39, 0.29) is 11.4 Å². The number of pyridine rings is 1. The van der Waals surface area contributed by atoms with Crippen molar-refractivity contribution in [1.29, 1.82) is 0 Å². The molecule has 3 aromatic rings. The van der Waals surface area contributed by atoms with Gasteiger partial charge in [0.05, 0.1) is 4.90 Å². The lowest BCUT2D eigenvalue weighted by atomic mass is 10.1. The van der Waals surface area contributed by atoms with E-state index in [1.54, 1.807) is 30.6 Å². The molecule has 4 nitrogen and oxygen atoms in total. The second kappa shape index (κ2) is 6.10. The first-order valence-corrected chi connectivity index (χ1v) is 8.84. The standard InChI is InChI=1S/C18H18N2O2S/c1-13-8-14(2)10-15(9-13)11-20-23(21,22)18-5-3-4-16-12-19-7-6-17(16)18/h3-10,12,20H,11H2,1-2H3. The molecule has 0 atom stereocenters. The summed E-state index contributed by atoms with van der Waals surface area (Å²) >= 11 is 0. The summed E-state index contributed by atoms with van der Waals surface area (Å²) in [5.74, 6) is 0. The van der Waals surface area contributed by atoms with E-state index in [9.17, 15) is 8.42 Å². The van der Waals surface area contributed by atoms with E-state index in [2.05, 4.69) is 15.8 Å². The van der Waals surface area contributed by atoms with Crippen LogP contribution in [0.5, 0.6) is 0 Å². The third kappa shape index (κ3) is 3.41. The van der Waals surface area contributed by atoms with Crippen LogP contribution < -0.4 is 4.72 Å². The highest BCUT2D eigenvalue weighted by Gasteiger charge is 2.16. The molecule has 0 aliphatic rings. The zero-order valence-electron chi connectivity index (χ0n) is 13.1. The number of rotatable bonds is 4. The first-order valence-electron chi connectivity index (χ1n) is 7.35. The summed E-state index contributed by atoms with van der Waals surface area (Å²) in [4.78, 5) is 4.31. The largest absolute Gasteiger partial charge is 0.264 e. The molecular formula is C18H18N2O2S. The number of benzene rings is 2. The number of nitrogens with zero attached hydrogens (tertiary/aromatic N) is 1. The summed E-state index contributed by atoms with van der Waals surface area (Å²) in [5, 5.41) is 1.48. The Morgan fingerprint density at radius 2 is 1.78 bits per heavy atom. The number of hydrogen-bond donors (Lipinski definition) is 1. The molecule has 3 rings (SSSR count). The third-order valence-electron chi connectivity index (χ3n) is 3.68. The van der Waals surface area contributed by atoms with Gasteiger partial charge in [-0.05, 0) is 31.5 Å². The van der Waals surface area contributed by atoms with Crippen LogP contribution in [-0.2, 0) is 16.6 Å². The van der Waals surface area contributed by atoms with Gasteiger partial charge in [0.1, 0.15) is 0 Å². The number of nitrogens with one attached hydrogen (secondary N) is 1. The quantitative estimate of drug-likeness (QED) is 0.800. The molecule has 1 N–H and O–H groups in total. The van der Waals surface area contributed by atoms with Crippen molar-refractivity contribution in [2.24, 2.45) is 0 Å². The highest BCUT2D eigenvalue weighted by molar-refractivity contribution is 7.89. The second-order valence-corrected chi connectivity index (χ2v) is 7.41. The van der Waals surface area contributed by atoms with Crippen molar-refractivity contribution in [3.05, 3.63) is 71.5 Å². The lowest BCUT2D eigenvalue weighted by Gasteiger charge is -2.10. The average Bonchev–Trinajstić information content (AvgIpc) is 2.52. The Bertz CT molecular complexity index is 940. The molecule has 0 bridgehead atoms. The first kappa shape index (κ1) is 15.6. The summed E-state index contributed by atoms with van der Waals surface area (Å²) in [5.41, 5.74) is 3.19. The summed E-state index contributed by atoms with van der Waals surface area (Å²) < 4.78 is 28.0. The van der Waals surface area contributed by atoms with Crippen LogP contribution in [0.25, 0.3) is 10.8 Å². The van der Waals surface area contributed by atoms with Crippen molar-refractivity contribution < 1.29 is 8.42 Å². The maximum Gasteiger partial charge on any atom is 0.241 e. The lowest BCUT2D eigenvalue weighted by molar-refractivity contribution is 0.582. The van der Waals surface area contributed by atoms with Crippen molar-refractivity contribution in [2.75, 3.05) is 0 Å². The van der Waals surface area contributed by atoms with E-state index >= 15 is 0 Å². The minimum atomic E-state index is -3.59. The zero-order chi connectivity index (χ0) is 16.4. The van der Waals surface area contributed by atoms with Gasteiger partial charge in [0, 0.05) is 29.7 Å². The van der Waals surface area contributed by atoms with E-state index in [0.717, 1.165) is 22.1 Å². The van der Waals surface area contributed by atoms with Crippen LogP contribution in [0.2, 0.25) is 0 Å². The van der Waals surface area contributed by atoms with Gasteiger partial charge in [-0.3, -0.25) is 4.98 Å². The molecule has 0 fully saturated rings. The molecule has 0 saturated heterocycles. The Morgan fingerprint density at radius 3 is 2.52 bits per heavy atom. The minimum Gasteiger partial charge on any atom is -0.264 e. The molecule has 0 radical (unpaired) electrons. The van der Waals surface area contributed by atoms with E-state index in [1.807, 2.05) is 32.0 Å². The Balaban J connectivity index is 1.92. The van der Waals surface area contributed by atoms with Crippen molar-refractivity contribution in [3.8, 4) is 0 Å². The van der Waals surface area contributed by atoms with E-state index in [4.69, 9.17) is 0 Å². The summed E-state index contributed by atoms with van der Waals surface area (Å²) in [6.07, 6.45) is 3.27. The smallest absolute Gasteiger partial charge is 0.241 e. The van der Waals surface area contributed by atoms with Crippen LogP contribution in [0.4, 0.5) is 0 Å². The van der Waals surface area contributed by atoms with Crippen LogP contribution in [0.1, 0.15) is 16.7 Å². The molecule has 1 heterocycles. The Kier molecular flexibility index (Phi) is 4.15. The van der Waals surface area contributed by atoms with Crippen LogP contribution >= 0.6 is 0 Å². The molecule has 118 valence electrons. The molecule has 1 aromatic heterocycles. The van der Waals surface area contributed by atoms with Gasteiger partial charge in [0.2, 0.25) is 10.0 Å². The molecule has 0 saturated carbocycles. The van der Waals surface area contributed by atoms with Gasteiger partial charge < -0.3 is 0 Å². The Hall–Kier alpha value is -2.24. The summed E-state index contributed by atoms with van der Waals surface area (Å²) in [6.45, 7) is 4.28. The number of sulfonamides is 1. The number of aryl methyl sites for hydroxylation is 2. The topological polar surface area (TPSA) is 59.1 Å². The number of aromatic nitrogens is 1. The van der Waals surface area contributed by atoms with Crippen LogP contribution in [0.3, 0.4) is 0 Å². The van der Waals surface area contributed by atoms with Crippen LogP contribution in [-0.4, -0.2) is 13.4 Å². The highest BCUT2D eigenvalue weighted by atomic mass is 32.2. The molecule has 0 amide bonds. The van der Waals surface area contributed by atoms with Gasteiger partial charge in [0.15, 0.2) is 0 Å². The van der Waals surface area contributed by atoms with Gasteiger partial charge in [-0.15, -0.1) is 0 Å². The Morgan fingerprint density at radius 1 is 1.04 bits per heavy atom. The number of hydrogen-bond acceptors (Lipinski definition) is 3. The summed E-state index contributed by atoms with van der Waals surface area (Å²) in [7, 11) is -3.59. The van der Waals surface area contributed by atoms with Gasteiger partial charge >= 0.3 is 0 Å². The minimum absolute atomic E-state index is 0.270.